The number of sulfone groups is 1. The van der Waals surface area contributed by atoms with Gasteiger partial charge >= 0.3 is 0 Å². The highest BCUT2D eigenvalue weighted by molar-refractivity contribution is 7.91. The average molecular weight is 327 g/mol. The summed E-state index contributed by atoms with van der Waals surface area (Å²) in [7, 11) is -2.91. The summed E-state index contributed by atoms with van der Waals surface area (Å²) in [5.41, 5.74) is 0.543. The molecule has 2 heterocycles. The smallest absolute Gasteiger partial charge is 0.252 e. The number of hydrogen-bond donors (Lipinski definition) is 2. The zero-order valence-electron chi connectivity index (χ0n) is 11.5. The van der Waals surface area contributed by atoms with E-state index in [1.807, 2.05) is 0 Å². The molecular formula is C14H17NO4S2. The molecule has 2 rings (SSSR count). The second-order valence-electron chi connectivity index (χ2n) is 4.87. The predicted molar refractivity (Wildman–Crippen MR) is 82.0 cm³/mol. The maximum Gasteiger partial charge on any atom is 0.252 e. The van der Waals surface area contributed by atoms with Gasteiger partial charge in [-0.25, -0.2) is 8.42 Å². The predicted octanol–water partition coefficient (Wildman–Crippen LogP) is 0.789. The summed E-state index contributed by atoms with van der Waals surface area (Å²) in [6.07, 6.45) is 1.36. The summed E-state index contributed by atoms with van der Waals surface area (Å²) in [4.78, 5) is 12.9. The van der Waals surface area contributed by atoms with Crippen molar-refractivity contribution in [2.75, 3.05) is 18.1 Å². The third-order valence-electron chi connectivity index (χ3n) is 3.20. The van der Waals surface area contributed by atoms with E-state index in [0.29, 0.717) is 24.8 Å². The lowest BCUT2D eigenvalue weighted by Gasteiger charge is -2.22. The van der Waals surface area contributed by atoms with Crippen molar-refractivity contribution in [1.82, 2.24) is 5.32 Å². The average Bonchev–Trinajstić information content (AvgIpc) is 2.90. The minimum absolute atomic E-state index is 0.0241. The number of nitrogens with one attached hydrogen (secondary N) is 1. The topological polar surface area (TPSA) is 83.5 Å². The van der Waals surface area contributed by atoms with E-state index in [2.05, 4.69) is 17.2 Å². The van der Waals surface area contributed by atoms with Crippen LogP contribution in [0.15, 0.2) is 11.4 Å². The van der Waals surface area contributed by atoms with E-state index in [1.54, 1.807) is 11.4 Å². The summed E-state index contributed by atoms with van der Waals surface area (Å²) in [5.74, 6) is 5.78. The largest absolute Gasteiger partial charge is 0.395 e. The van der Waals surface area contributed by atoms with Gasteiger partial charge in [-0.3, -0.25) is 4.79 Å². The molecule has 114 valence electrons. The van der Waals surface area contributed by atoms with Crippen LogP contribution in [0.5, 0.6) is 0 Å². The molecule has 0 spiro atoms. The van der Waals surface area contributed by atoms with Crippen LogP contribution in [0.1, 0.15) is 34.5 Å². The molecular weight excluding hydrogens is 310 g/mol. The minimum atomic E-state index is -2.91. The lowest BCUT2D eigenvalue weighted by atomic mass is 10.1. The molecule has 1 aliphatic heterocycles. The Balaban J connectivity index is 1.91. The summed E-state index contributed by atoms with van der Waals surface area (Å²) < 4.78 is 22.7. The maximum atomic E-state index is 12.1. The van der Waals surface area contributed by atoms with Crippen LogP contribution >= 0.6 is 11.3 Å². The number of amides is 1. The molecule has 1 amide bonds. The van der Waals surface area contributed by atoms with Crippen LogP contribution in [0, 0.1) is 11.8 Å². The fourth-order valence-corrected chi connectivity index (χ4v) is 4.28. The zero-order valence-corrected chi connectivity index (χ0v) is 13.1. The van der Waals surface area contributed by atoms with Crippen molar-refractivity contribution in [3.05, 3.63) is 21.9 Å². The lowest BCUT2D eigenvalue weighted by molar-refractivity contribution is 0.0934. The van der Waals surface area contributed by atoms with Crippen LogP contribution in [-0.4, -0.2) is 43.6 Å². The standard InChI is InChI=1S/C14H17NO4S2/c16-6-2-1-3-13-9-11(10-20-13)14(17)15-12-4-7-21(18,19)8-5-12/h9-10,12,16H,2,4-8H2,(H,15,17). The van der Waals surface area contributed by atoms with Gasteiger partial charge in [0.1, 0.15) is 9.84 Å². The normalized spacial score (nSPS) is 17.8. The van der Waals surface area contributed by atoms with Gasteiger partial charge in [-0.2, -0.15) is 0 Å². The van der Waals surface area contributed by atoms with E-state index >= 15 is 0 Å². The third-order valence-corrected chi connectivity index (χ3v) is 5.76. The number of aliphatic hydroxyl groups excluding tert-OH is 1. The molecule has 5 nitrogen and oxygen atoms in total. The van der Waals surface area contributed by atoms with E-state index in [-0.39, 0.29) is 30.1 Å². The minimum Gasteiger partial charge on any atom is -0.395 e. The molecule has 0 atom stereocenters. The van der Waals surface area contributed by atoms with Crippen molar-refractivity contribution >= 4 is 27.1 Å². The molecule has 0 aliphatic carbocycles. The molecule has 1 aliphatic rings. The van der Waals surface area contributed by atoms with Crippen molar-refractivity contribution in [3.8, 4) is 11.8 Å². The highest BCUT2D eigenvalue weighted by Crippen LogP contribution is 2.16. The van der Waals surface area contributed by atoms with Crippen molar-refractivity contribution < 1.29 is 18.3 Å². The van der Waals surface area contributed by atoms with Gasteiger partial charge in [-0.1, -0.05) is 11.8 Å². The van der Waals surface area contributed by atoms with Crippen LogP contribution in [0.25, 0.3) is 0 Å². The van der Waals surface area contributed by atoms with Gasteiger partial charge in [0.25, 0.3) is 5.91 Å². The van der Waals surface area contributed by atoms with Gasteiger partial charge in [0, 0.05) is 17.8 Å². The van der Waals surface area contributed by atoms with Crippen LogP contribution in [-0.2, 0) is 9.84 Å². The highest BCUT2D eigenvalue weighted by atomic mass is 32.2. The second-order valence-corrected chi connectivity index (χ2v) is 8.09. The molecule has 0 bridgehead atoms. The molecule has 7 heteroatoms. The number of carbonyl (C=O) groups is 1. The summed E-state index contributed by atoms with van der Waals surface area (Å²) >= 11 is 1.38. The first-order valence-corrected chi connectivity index (χ1v) is 9.40. The molecule has 0 aromatic carbocycles. The fourth-order valence-electron chi connectivity index (χ4n) is 2.03. The molecule has 1 fully saturated rings. The molecule has 0 unspecified atom stereocenters. The van der Waals surface area contributed by atoms with E-state index in [1.165, 1.54) is 11.3 Å². The van der Waals surface area contributed by atoms with Crippen molar-refractivity contribution in [2.24, 2.45) is 0 Å². The summed E-state index contributed by atoms with van der Waals surface area (Å²) in [6, 6.07) is 1.63. The maximum absolute atomic E-state index is 12.1. The van der Waals surface area contributed by atoms with Gasteiger partial charge in [-0.05, 0) is 18.9 Å². The first kappa shape index (κ1) is 16.0. The molecule has 21 heavy (non-hydrogen) atoms. The molecule has 2 N–H and O–H groups in total. The van der Waals surface area contributed by atoms with Crippen LogP contribution < -0.4 is 5.32 Å². The fraction of sp³-hybridized carbons (Fsp3) is 0.500. The Morgan fingerprint density at radius 3 is 2.81 bits per heavy atom. The Kier molecular flexibility index (Phi) is 5.39. The summed E-state index contributed by atoms with van der Waals surface area (Å²) in [5, 5.41) is 13.3. The van der Waals surface area contributed by atoms with Crippen molar-refractivity contribution in [3.63, 3.8) is 0 Å². The van der Waals surface area contributed by atoms with E-state index in [0.717, 1.165) is 4.88 Å². The lowest BCUT2D eigenvalue weighted by Crippen LogP contribution is -2.40. The molecule has 0 saturated carbocycles. The summed E-state index contributed by atoms with van der Waals surface area (Å²) in [6.45, 7) is 0.0241. The Bertz CT molecular complexity index is 653. The Morgan fingerprint density at radius 1 is 1.43 bits per heavy atom. The number of thiophene rings is 1. The van der Waals surface area contributed by atoms with Gasteiger partial charge in [0.15, 0.2) is 0 Å². The third kappa shape index (κ3) is 4.84. The number of carbonyl (C=O) groups excluding carboxylic acids is 1. The second kappa shape index (κ2) is 7.07. The van der Waals surface area contributed by atoms with Gasteiger partial charge in [-0.15, -0.1) is 11.3 Å². The highest BCUT2D eigenvalue weighted by Gasteiger charge is 2.25. The van der Waals surface area contributed by atoms with Crippen LogP contribution in [0.4, 0.5) is 0 Å². The number of hydrogen-bond acceptors (Lipinski definition) is 5. The number of rotatable bonds is 3. The quantitative estimate of drug-likeness (QED) is 0.804. The number of aliphatic hydroxyl groups is 1. The Labute approximate surface area is 128 Å². The molecule has 1 aromatic heterocycles. The van der Waals surface area contributed by atoms with E-state index < -0.39 is 9.84 Å². The monoisotopic (exact) mass is 327 g/mol. The SMILES string of the molecule is O=C(NC1CCS(=O)(=O)CC1)c1csc(C#CCCO)c1. The Morgan fingerprint density at radius 2 is 2.14 bits per heavy atom. The van der Waals surface area contributed by atoms with Crippen LogP contribution in [0.3, 0.4) is 0 Å². The van der Waals surface area contributed by atoms with Crippen LogP contribution in [0.2, 0.25) is 0 Å². The first-order chi connectivity index (χ1) is 10.00. The van der Waals surface area contributed by atoms with Gasteiger partial charge < -0.3 is 10.4 Å². The zero-order chi connectivity index (χ0) is 15.3. The van der Waals surface area contributed by atoms with Crippen molar-refractivity contribution in [1.29, 1.82) is 0 Å². The van der Waals surface area contributed by atoms with Gasteiger partial charge in [0.05, 0.1) is 28.6 Å². The Hall–Kier alpha value is -1.36. The first-order valence-electron chi connectivity index (χ1n) is 6.70. The molecule has 1 aromatic rings. The van der Waals surface area contributed by atoms with E-state index in [9.17, 15) is 13.2 Å². The van der Waals surface area contributed by atoms with E-state index in [4.69, 9.17) is 5.11 Å². The van der Waals surface area contributed by atoms with Crippen molar-refractivity contribution in [2.45, 2.75) is 25.3 Å². The van der Waals surface area contributed by atoms with Gasteiger partial charge in [0.2, 0.25) is 0 Å². The molecule has 0 radical (unpaired) electrons. The molecule has 1 saturated heterocycles.